The maximum atomic E-state index is 17.2. The lowest BCUT2D eigenvalue weighted by Crippen LogP contribution is -2.42. The number of aliphatic hydroxyl groups is 1. The summed E-state index contributed by atoms with van der Waals surface area (Å²) in [5, 5.41) is 14.0. The lowest BCUT2D eigenvalue weighted by atomic mass is 9.79. The van der Waals surface area contributed by atoms with Crippen molar-refractivity contribution in [3.63, 3.8) is 0 Å². The molecule has 1 atom stereocenters. The Labute approximate surface area is 823 Å². The topological polar surface area (TPSA) is 495 Å². The normalized spacial score (nSPS) is 14.1. The highest BCUT2D eigenvalue weighted by atomic mass is 32.2. The van der Waals surface area contributed by atoms with Crippen LogP contribution in [-0.2, 0) is 70.8 Å². The molecule has 2 heterocycles. The Morgan fingerprint density at radius 1 is 0.236 bits per heavy atom. The molecule has 0 saturated heterocycles. The molecule has 31 nitrogen and oxygen atoms in total. The molecular weight excluding hydrogens is 1990 g/mol. The molecule has 18 aromatic rings. The fraction of sp³-hybridized carbons (Fsp3) is 0.123. The van der Waals surface area contributed by atoms with E-state index in [0.29, 0.717) is 27.9 Å². The molecule has 1 unspecified atom stereocenters. The number of para-hydroxylation sites is 3. The minimum atomic E-state index is -5.20. The average molecular weight is 2070 g/mol. The van der Waals surface area contributed by atoms with E-state index in [0.717, 1.165) is 102 Å². The summed E-state index contributed by atoms with van der Waals surface area (Å²) in [5.41, 5.74) is 2.48. The van der Waals surface area contributed by atoms with Gasteiger partial charge in [-0.25, -0.2) is 4.90 Å². The average Bonchev–Trinajstić information content (AvgIpc) is 0.663. The minimum absolute atomic E-state index is 0.0104. The Bertz CT molecular complexity index is 9320. The zero-order valence-electron chi connectivity index (χ0n) is 76.6. The first-order valence-corrected chi connectivity index (χ1v) is 54.5. The van der Waals surface area contributed by atoms with Crippen LogP contribution < -0.4 is 28.7 Å². The Kier molecular flexibility index (Phi) is 23.3. The van der Waals surface area contributed by atoms with Crippen LogP contribution in [0.3, 0.4) is 0 Å². The Morgan fingerprint density at radius 2 is 0.528 bits per heavy atom. The van der Waals surface area contributed by atoms with Crippen molar-refractivity contribution in [2.45, 2.75) is 120 Å². The van der Waals surface area contributed by atoms with Crippen molar-refractivity contribution in [2.75, 3.05) is 9.80 Å². The number of fused-ring (bicyclic) bond motifs is 4. The minimum Gasteiger partial charge on any atom is -0.456 e. The number of amides is 3. The molecule has 144 heavy (non-hydrogen) atoms. The highest BCUT2D eigenvalue weighted by Gasteiger charge is 2.44. The number of carbonyl (C=O) groups is 3. The number of hydrogen-bond acceptors (Lipinski definition) is 22. The van der Waals surface area contributed by atoms with E-state index in [2.05, 4.69) is 0 Å². The quantitative estimate of drug-likeness (QED) is 0.0114. The maximum absolute atomic E-state index is 17.2. The van der Waals surface area contributed by atoms with Crippen LogP contribution in [0.15, 0.2) is 295 Å². The number of rotatable bonds is 25. The van der Waals surface area contributed by atoms with Crippen LogP contribution in [0.25, 0.3) is 120 Å². The van der Waals surface area contributed by atoms with Crippen molar-refractivity contribution in [3.05, 3.63) is 305 Å². The highest BCUT2D eigenvalue weighted by molar-refractivity contribution is 7.87. The van der Waals surface area contributed by atoms with Gasteiger partial charge in [0.2, 0.25) is 0 Å². The first kappa shape index (κ1) is 96.9. The van der Waals surface area contributed by atoms with Gasteiger partial charge in [0, 0.05) is 76.5 Å². The summed E-state index contributed by atoms with van der Waals surface area (Å²) in [6.07, 6.45) is -1.80. The van der Waals surface area contributed by atoms with E-state index < -0.39 is 141 Å². The number of nitrogens with zero attached hydrogens (tertiary/aromatic N) is 2. The fourth-order valence-corrected chi connectivity index (χ4v) is 23.2. The van der Waals surface area contributed by atoms with Crippen molar-refractivity contribution in [1.82, 2.24) is 0 Å². The molecular formula is C106H80N2O29S7. The second-order valence-electron chi connectivity index (χ2n) is 36.3. The van der Waals surface area contributed by atoms with Gasteiger partial charge in [0.25, 0.3) is 88.5 Å². The number of carbonyl (C=O) groups excluding carboxylic acids is 3. The van der Waals surface area contributed by atoms with E-state index in [1.54, 1.807) is 60.7 Å². The molecule has 18 aromatic carbocycles. The van der Waals surface area contributed by atoms with Gasteiger partial charge in [-0.1, -0.05) is 177 Å². The van der Waals surface area contributed by atoms with E-state index in [1.165, 1.54) is 89.8 Å². The van der Waals surface area contributed by atoms with E-state index in [-0.39, 0.29) is 206 Å². The molecule has 2 aliphatic heterocycles. The van der Waals surface area contributed by atoms with Crippen LogP contribution in [0.5, 0.6) is 46.0 Å². The van der Waals surface area contributed by atoms with Crippen LogP contribution in [-0.4, -0.2) is 114 Å². The van der Waals surface area contributed by atoms with Gasteiger partial charge in [0.1, 0.15) is 46.0 Å². The third kappa shape index (κ3) is 16.5. The first-order valence-electron chi connectivity index (χ1n) is 44.4. The second kappa shape index (κ2) is 34.6. The molecule has 730 valence electrons. The lowest BCUT2D eigenvalue weighted by Gasteiger charge is -2.38. The third-order valence-electron chi connectivity index (χ3n) is 26.3. The van der Waals surface area contributed by atoms with Crippen molar-refractivity contribution < 1.29 is 129 Å². The predicted octanol–water partition coefficient (Wildman–Crippen LogP) is 23.1. The molecule has 0 fully saturated rings. The van der Waals surface area contributed by atoms with Crippen molar-refractivity contribution >= 4 is 175 Å². The molecule has 20 rings (SSSR count). The number of hydrogen-bond donors (Lipinski definition) is 8. The van der Waals surface area contributed by atoms with Gasteiger partial charge in [-0.15, -0.1) is 0 Å². The van der Waals surface area contributed by atoms with Crippen molar-refractivity contribution in [2.24, 2.45) is 0 Å². The molecule has 0 aliphatic carbocycles. The summed E-state index contributed by atoms with van der Waals surface area (Å²) >= 11 is 0. The van der Waals surface area contributed by atoms with Gasteiger partial charge in [0.15, 0.2) is 6.23 Å². The Balaban J connectivity index is 1.03. The van der Waals surface area contributed by atoms with E-state index in [9.17, 15) is 95.9 Å². The summed E-state index contributed by atoms with van der Waals surface area (Å²) in [6.45, 7) is 15.2. The molecule has 0 radical (unpaired) electrons. The van der Waals surface area contributed by atoms with Crippen LogP contribution in [0.2, 0.25) is 0 Å². The van der Waals surface area contributed by atoms with Crippen molar-refractivity contribution in [3.8, 4) is 90.5 Å². The van der Waals surface area contributed by atoms with Gasteiger partial charge in [0.05, 0.1) is 56.8 Å². The van der Waals surface area contributed by atoms with Gasteiger partial charge in [-0.3, -0.25) is 51.2 Å². The number of imide groups is 1. The van der Waals surface area contributed by atoms with E-state index in [4.69, 9.17) is 18.9 Å². The van der Waals surface area contributed by atoms with Crippen LogP contribution in [0, 0.1) is 0 Å². The number of ether oxygens (including phenoxy) is 4. The fourth-order valence-electron chi connectivity index (χ4n) is 19.8. The maximum Gasteiger partial charge on any atom is 0.294 e. The van der Waals surface area contributed by atoms with Crippen molar-refractivity contribution in [1.29, 1.82) is 0 Å². The summed E-state index contributed by atoms with van der Waals surface area (Å²) in [4.78, 5) is 48.7. The van der Waals surface area contributed by atoms with Crippen LogP contribution in [0.4, 0.5) is 11.4 Å². The van der Waals surface area contributed by atoms with E-state index >= 15 is 14.4 Å². The molecule has 38 heteroatoms. The smallest absolute Gasteiger partial charge is 0.294 e. The Morgan fingerprint density at radius 3 is 0.875 bits per heavy atom. The zero-order chi connectivity index (χ0) is 103. The van der Waals surface area contributed by atoms with Gasteiger partial charge < -0.3 is 24.1 Å². The summed E-state index contributed by atoms with van der Waals surface area (Å²) in [6, 6.07) is 57.1. The molecule has 0 bridgehead atoms. The predicted molar refractivity (Wildman–Crippen MR) is 540 cm³/mol. The third-order valence-corrected chi connectivity index (χ3v) is 32.3. The van der Waals surface area contributed by atoms with E-state index in [1.807, 2.05) is 73.6 Å². The SMILES string of the molecule is CC(C)c1cccc(C(C)C)c1N1C(=O)c2cc(Oc3ccccc3-c3ccc(S(=O)(=O)O)cc3)c3c4cc(Oc5ccc(S(=O)(=O)O)cc5-c5ccc(S(=O)(=O)O)cc5)c5c6ccc7c8c(ccc(c9c(Oc%10ccc(S(=O)(=O)O)cc%10-c%10ccc(S(=O)(=O)O)cc%10)cc(c%10c(Oc%11ccc(S(=O)(=O)O)cc%11-c%11ccc(S(=O)(=O)O)cc%11)cc(c2c3%10)C1=O)c4c59)c86)C(=O)N(c1c(C(C)C)cccc1C(C)C)C7O. The molecule has 0 saturated carbocycles. The van der Waals surface area contributed by atoms with Gasteiger partial charge >= 0.3 is 0 Å². The van der Waals surface area contributed by atoms with Gasteiger partial charge in [-0.05, 0) is 240 Å². The molecule has 0 aromatic heterocycles. The molecule has 2 aliphatic rings. The largest absolute Gasteiger partial charge is 0.456 e. The number of benzene rings is 18. The summed E-state index contributed by atoms with van der Waals surface area (Å²) in [7, 11) is -35.3. The number of anilines is 2. The zero-order valence-corrected chi connectivity index (χ0v) is 82.3. The number of aliphatic hydroxyl groups excluding tert-OH is 1. The summed E-state index contributed by atoms with van der Waals surface area (Å²) in [5.74, 6) is -6.08. The second-order valence-corrected chi connectivity index (χ2v) is 46.2. The van der Waals surface area contributed by atoms with Gasteiger partial charge in [-0.2, -0.15) is 58.9 Å². The van der Waals surface area contributed by atoms with Crippen LogP contribution >= 0.6 is 0 Å². The summed E-state index contributed by atoms with van der Waals surface area (Å²) < 4.78 is 289. The molecule has 3 amide bonds. The van der Waals surface area contributed by atoms with Crippen LogP contribution in [0.1, 0.15) is 144 Å². The Hall–Kier alpha value is -14.6. The molecule has 0 spiro atoms. The lowest BCUT2D eigenvalue weighted by molar-refractivity contribution is 0.0870. The first-order chi connectivity index (χ1) is 67.8. The highest BCUT2D eigenvalue weighted by Crippen LogP contribution is 2.62. The monoisotopic (exact) mass is 2070 g/mol. The molecule has 8 N–H and O–H groups in total. The standard InChI is InChI=1S/C106H80N2O29S7/c1-52(2)67-14-11-15-68(53(3)4)101(67)107-103(109)74-40-38-72-91-73(39-41-75(92(74)91)104(107)110)96-88(136-85-43-36-65(143(128,129)130)46-77(85)58-23-31-62(32-24-58)140(119,120)121)49-80-93-79(48-87(95(72)99(93)96)135-84-42-35-64(142(125,126)127)45-76(84)57-21-29-61(30-22-57)139(116,117)118)97-89(134-83-18-10-9-13-71(83)56-19-27-60(28-20-56)138(113,114)115)50-81-94-82(106(112)108(105(81)111)102-69(54(5)6)16-12-17-70(102)55(7)8)51-90(98(80)100(94)97)137-86-44-37-66(144(131,132)133)47-78(86)59-25-33-63(34-26-59)141(122,123)124/h9-55,103,109H,1-8H3,(H,113,114,115)(H,116,117,118)(H,119,120,121)(H,122,123,124)(H,125,126,127)(H,128,129,130)(H,131,132,133).